The number of rotatable bonds is 8. The first-order valence-electron chi connectivity index (χ1n) is 7.91. The van der Waals surface area contributed by atoms with E-state index < -0.39 is 11.2 Å². The number of hydrogen-bond donors (Lipinski definition) is 2. The van der Waals surface area contributed by atoms with Crippen molar-refractivity contribution >= 4 is 17.8 Å². The maximum absolute atomic E-state index is 11.7. The summed E-state index contributed by atoms with van der Waals surface area (Å²) in [5.74, 6) is 0.637. The number of halogens is 1. The van der Waals surface area contributed by atoms with Crippen LogP contribution in [-0.2, 0) is 11.4 Å². The highest BCUT2D eigenvalue weighted by Crippen LogP contribution is 2.26. The predicted molar refractivity (Wildman–Crippen MR) is 96.7 cm³/mol. The molecule has 0 bridgehead atoms. The topological polar surface area (TPSA) is 96.5 Å². The van der Waals surface area contributed by atoms with Gasteiger partial charge in [-0.15, -0.1) is 0 Å². The normalized spacial score (nSPS) is 11.0. The molecule has 0 saturated heterocycles. The SMILES string of the molecule is CCCCOc1ccc(CON=Cc2c(C)[nH]c(=O)[nH]c2=O)cc1Cl. The van der Waals surface area contributed by atoms with E-state index in [0.29, 0.717) is 23.1 Å². The van der Waals surface area contributed by atoms with Crippen LogP contribution < -0.4 is 16.0 Å². The molecule has 0 spiro atoms. The molecule has 0 amide bonds. The van der Waals surface area contributed by atoms with Gasteiger partial charge in [0.05, 0.1) is 23.4 Å². The minimum atomic E-state index is -0.559. The van der Waals surface area contributed by atoms with Crippen LogP contribution in [0, 0.1) is 6.92 Å². The number of aromatic amines is 2. The summed E-state index contributed by atoms with van der Waals surface area (Å²) in [4.78, 5) is 32.6. The largest absolute Gasteiger partial charge is 0.492 e. The van der Waals surface area contributed by atoms with Crippen molar-refractivity contribution in [2.24, 2.45) is 5.16 Å². The molecule has 25 heavy (non-hydrogen) atoms. The van der Waals surface area contributed by atoms with E-state index in [0.717, 1.165) is 18.4 Å². The first-order valence-corrected chi connectivity index (χ1v) is 8.28. The Balaban J connectivity index is 1.95. The molecule has 0 atom stereocenters. The molecule has 0 fully saturated rings. The van der Waals surface area contributed by atoms with Crippen molar-refractivity contribution in [3.8, 4) is 5.75 Å². The van der Waals surface area contributed by atoms with E-state index in [2.05, 4.69) is 22.0 Å². The zero-order valence-electron chi connectivity index (χ0n) is 14.1. The van der Waals surface area contributed by atoms with Gasteiger partial charge in [0.15, 0.2) is 0 Å². The Labute approximate surface area is 149 Å². The standard InChI is InChI=1S/C17H20ClN3O4/c1-3-4-7-24-15-6-5-12(8-14(15)18)10-25-19-9-13-11(2)20-17(23)21-16(13)22/h5-6,8-9H,3-4,7,10H2,1-2H3,(H2,20,21,22,23). The fraction of sp³-hybridized carbons (Fsp3) is 0.353. The molecule has 0 aliphatic heterocycles. The van der Waals surface area contributed by atoms with Crippen molar-refractivity contribution in [1.82, 2.24) is 9.97 Å². The van der Waals surface area contributed by atoms with E-state index in [-0.39, 0.29) is 12.2 Å². The number of nitrogens with zero attached hydrogens (tertiary/aromatic N) is 1. The minimum Gasteiger partial charge on any atom is -0.492 e. The Morgan fingerprint density at radius 3 is 2.76 bits per heavy atom. The quantitative estimate of drug-likeness (QED) is 0.427. The number of hydrogen-bond acceptors (Lipinski definition) is 5. The van der Waals surface area contributed by atoms with Crippen LogP contribution in [0.4, 0.5) is 0 Å². The second-order valence-electron chi connectivity index (χ2n) is 5.42. The molecule has 0 aliphatic rings. The van der Waals surface area contributed by atoms with E-state index in [1.165, 1.54) is 6.21 Å². The molecular weight excluding hydrogens is 346 g/mol. The number of nitrogens with one attached hydrogen (secondary N) is 2. The number of aryl methyl sites for hydroxylation is 1. The summed E-state index contributed by atoms with van der Waals surface area (Å²) in [6.07, 6.45) is 3.28. The van der Waals surface area contributed by atoms with Gasteiger partial charge in [-0.3, -0.25) is 9.78 Å². The van der Waals surface area contributed by atoms with Crippen LogP contribution in [-0.4, -0.2) is 22.8 Å². The van der Waals surface area contributed by atoms with E-state index in [9.17, 15) is 9.59 Å². The Kier molecular flexibility index (Phi) is 6.82. The fourth-order valence-electron chi connectivity index (χ4n) is 2.04. The highest BCUT2D eigenvalue weighted by molar-refractivity contribution is 6.32. The van der Waals surface area contributed by atoms with Crippen molar-refractivity contribution in [1.29, 1.82) is 0 Å². The number of unbranched alkanes of at least 4 members (excludes halogenated alkanes) is 1. The molecule has 0 saturated carbocycles. The van der Waals surface area contributed by atoms with Crippen molar-refractivity contribution in [3.05, 3.63) is 60.9 Å². The average molecular weight is 366 g/mol. The van der Waals surface area contributed by atoms with Gasteiger partial charge in [-0.1, -0.05) is 36.2 Å². The van der Waals surface area contributed by atoms with Crippen LogP contribution in [0.15, 0.2) is 32.9 Å². The molecule has 134 valence electrons. The van der Waals surface area contributed by atoms with Crippen LogP contribution in [0.5, 0.6) is 5.75 Å². The summed E-state index contributed by atoms with van der Waals surface area (Å²) >= 11 is 6.18. The Bertz CT molecular complexity index is 858. The highest BCUT2D eigenvalue weighted by Gasteiger charge is 2.05. The van der Waals surface area contributed by atoms with Crippen molar-refractivity contribution in [2.45, 2.75) is 33.3 Å². The molecule has 0 unspecified atom stereocenters. The second-order valence-corrected chi connectivity index (χ2v) is 5.83. The van der Waals surface area contributed by atoms with E-state index >= 15 is 0 Å². The van der Waals surface area contributed by atoms with Gasteiger partial charge >= 0.3 is 5.69 Å². The van der Waals surface area contributed by atoms with Gasteiger partial charge in [0, 0.05) is 5.69 Å². The molecule has 0 radical (unpaired) electrons. The molecule has 1 heterocycles. The van der Waals surface area contributed by atoms with Gasteiger partial charge in [-0.25, -0.2) is 4.79 Å². The van der Waals surface area contributed by atoms with Gasteiger partial charge in [-0.2, -0.15) is 0 Å². The molecule has 2 rings (SSSR count). The van der Waals surface area contributed by atoms with E-state index in [1.54, 1.807) is 19.1 Å². The van der Waals surface area contributed by atoms with Crippen molar-refractivity contribution in [3.63, 3.8) is 0 Å². The van der Waals surface area contributed by atoms with Gasteiger partial charge in [0.25, 0.3) is 5.56 Å². The molecule has 8 heteroatoms. The van der Waals surface area contributed by atoms with Crippen LogP contribution in [0.2, 0.25) is 5.02 Å². The minimum absolute atomic E-state index is 0.186. The Morgan fingerprint density at radius 2 is 2.08 bits per heavy atom. The average Bonchev–Trinajstić information content (AvgIpc) is 2.55. The van der Waals surface area contributed by atoms with Crippen LogP contribution in [0.1, 0.15) is 36.6 Å². The molecule has 0 aliphatic carbocycles. The zero-order valence-corrected chi connectivity index (χ0v) is 14.9. The lowest BCUT2D eigenvalue weighted by molar-refractivity contribution is 0.132. The number of benzene rings is 1. The van der Waals surface area contributed by atoms with Crippen LogP contribution in [0.25, 0.3) is 0 Å². The fourth-order valence-corrected chi connectivity index (χ4v) is 2.30. The van der Waals surface area contributed by atoms with Crippen LogP contribution >= 0.6 is 11.6 Å². The summed E-state index contributed by atoms with van der Waals surface area (Å²) < 4.78 is 5.58. The third kappa shape index (κ3) is 5.49. The van der Waals surface area contributed by atoms with Gasteiger partial charge in [0.1, 0.15) is 12.4 Å². The maximum atomic E-state index is 11.7. The summed E-state index contributed by atoms with van der Waals surface area (Å²) in [6, 6.07) is 5.37. The lowest BCUT2D eigenvalue weighted by atomic mass is 10.2. The maximum Gasteiger partial charge on any atom is 0.325 e. The molecular formula is C17H20ClN3O4. The smallest absolute Gasteiger partial charge is 0.325 e. The summed E-state index contributed by atoms with van der Waals surface area (Å²) in [5.41, 5.74) is 0.383. The lowest BCUT2D eigenvalue weighted by Crippen LogP contribution is -2.26. The lowest BCUT2D eigenvalue weighted by Gasteiger charge is -2.08. The Hall–Kier alpha value is -2.54. The number of H-pyrrole nitrogens is 2. The van der Waals surface area contributed by atoms with Gasteiger partial charge in [-0.05, 0) is 31.0 Å². The van der Waals surface area contributed by atoms with Crippen molar-refractivity contribution < 1.29 is 9.57 Å². The van der Waals surface area contributed by atoms with Gasteiger partial charge in [0.2, 0.25) is 0 Å². The highest BCUT2D eigenvalue weighted by atomic mass is 35.5. The molecule has 7 nitrogen and oxygen atoms in total. The van der Waals surface area contributed by atoms with Crippen molar-refractivity contribution in [2.75, 3.05) is 6.61 Å². The third-order valence-electron chi connectivity index (χ3n) is 3.42. The molecule has 1 aromatic heterocycles. The number of oxime groups is 1. The zero-order chi connectivity index (χ0) is 18.2. The first-order chi connectivity index (χ1) is 12.0. The van der Waals surface area contributed by atoms with Gasteiger partial charge < -0.3 is 14.6 Å². The predicted octanol–water partition coefficient (Wildman–Crippen LogP) is 2.75. The summed E-state index contributed by atoms with van der Waals surface area (Å²) in [6.45, 7) is 4.51. The second kappa shape index (κ2) is 9.08. The third-order valence-corrected chi connectivity index (χ3v) is 3.71. The summed E-state index contributed by atoms with van der Waals surface area (Å²) in [7, 11) is 0. The Morgan fingerprint density at radius 1 is 1.28 bits per heavy atom. The summed E-state index contributed by atoms with van der Waals surface area (Å²) in [5, 5.41) is 4.27. The van der Waals surface area contributed by atoms with E-state index in [1.807, 2.05) is 6.07 Å². The monoisotopic (exact) mass is 365 g/mol. The number of ether oxygens (including phenoxy) is 1. The molecule has 1 aromatic carbocycles. The number of aromatic nitrogens is 2. The van der Waals surface area contributed by atoms with Crippen LogP contribution in [0.3, 0.4) is 0 Å². The first kappa shape index (κ1) is 18.8. The van der Waals surface area contributed by atoms with E-state index in [4.69, 9.17) is 21.2 Å². The molecule has 2 N–H and O–H groups in total. The molecule has 2 aromatic rings.